The topological polar surface area (TPSA) is 12.0 Å². The highest BCUT2D eigenvalue weighted by molar-refractivity contribution is 5.43. The van der Waals surface area contributed by atoms with Gasteiger partial charge in [-0.05, 0) is 24.5 Å². The molecule has 72 valence electrons. The molecule has 1 aromatic rings. The van der Waals surface area contributed by atoms with Gasteiger partial charge in [-0.3, -0.25) is 0 Å². The lowest BCUT2D eigenvalue weighted by molar-refractivity contribution is 0.359. The summed E-state index contributed by atoms with van der Waals surface area (Å²) in [4.78, 5) is 0. The minimum absolute atomic E-state index is 0.301. The molecule has 0 aliphatic heterocycles. The van der Waals surface area contributed by atoms with E-state index in [2.05, 4.69) is 57.3 Å². The van der Waals surface area contributed by atoms with Crippen molar-refractivity contribution < 1.29 is 0 Å². The van der Waals surface area contributed by atoms with Gasteiger partial charge in [-0.1, -0.05) is 39.0 Å². The van der Waals surface area contributed by atoms with Gasteiger partial charge in [0.25, 0.3) is 0 Å². The lowest BCUT2D eigenvalue weighted by Gasteiger charge is -2.28. The number of rotatable bonds is 2. The molecule has 0 bridgehead atoms. The first-order chi connectivity index (χ1) is 6.00. The fraction of sp³-hybridized carbons (Fsp3) is 0.500. The lowest BCUT2D eigenvalue weighted by Crippen LogP contribution is -2.30. The van der Waals surface area contributed by atoms with Crippen LogP contribution >= 0.6 is 0 Å². The Balaban J connectivity index is 2.61. The number of hydrogen-bond acceptors (Lipinski definition) is 1. The molecule has 0 heterocycles. The summed E-state index contributed by atoms with van der Waals surface area (Å²) in [5.74, 6) is 0. The van der Waals surface area contributed by atoms with Gasteiger partial charge in [-0.15, -0.1) is 0 Å². The fourth-order valence-corrected chi connectivity index (χ4v) is 1.00. The quantitative estimate of drug-likeness (QED) is 0.728. The van der Waals surface area contributed by atoms with E-state index in [1.807, 2.05) is 6.07 Å². The summed E-state index contributed by atoms with van der Waals surface area (Å²) in [5.41, 5.74) is 1.50. The van der Waals surface area contributed by atoms with E-state index >= 15 is 0 Å². The Labute approximate surface area is 81.2 Å². The minimum atomic E-state index is 0.301. The van der Waals surface area contributed by atoms with Crippen molar-refractivity contribution in [3.05, 3.63) is 30.3 Å². The molecule has 1 rings (SSSR count). The van der Waals surface area contributed by atoms with Gasteiger partial charge in [0.05, 0.1) is 0 Å². The number of anilines is 1. The number of benzene rings is 1. The molecule has 0 saturated carbocycles. The second-order valence-corrected chi connectivity index (χ2v) is 4.60. The molecule has 0 fully saturated rings. The Kier molecular flexibility index (Phi) is 2.97. The van der Waals surface area contributed by atoms with Gasteiger partial charge < -0.3 is 5.32 Å². The van der Waals surface area contributed by atoms with Crippen molar-refractivity contribution in [1.82, 2.24) is 0 Å². The highest BCUT2D eigenvalue weighted by Crippen LogP contribution is 2.22. The largest absolute Gasteiger partial charge is 0.382 e. The Morgan fingerprint density at radius 3 is 2.08 bits per heavy atom. The van der Waals surface area contributed by atoms with Crippen molar-refractivity contribution in [3.8, 4) is 0 Å². The predicted octanol–water partition coefficient (Wildman–Crippen LogP) is 3.53. The van der Waals surface area contributed by atoms with Crippen LogP contribution in [0, 0.1) is 5.41 Å². The maximum absolute atomic E-state index is 3.48. The zero-order valence-electron chi connectivity index (χ0n) is 8.96. The Bertz CT molecular complexity index is 246. The first-order valence-corrected chi connectivity index (χ1v) is 4.82. The summed E-state index contributed by atoms with van der Waals surface area (Å²) in [6.45, 7) is 8.95. The molecular formula is C12H19N. The number of para-hydroxylation sites is 1. The molecule has 13 heavy (non-hydrogen) atoms. The first kappa shape index (κ1) is 10.1. The molecular weight excluding hydrogens is 158 g/mol. The normalized spacial score (nSPS) is 13.8. The van der Waals surface area contributed by atoms with Crippen LogP contribution in [0.15, 0.2) is 30.3 Å². The van der Waals surface area contributed by atoms with Gasteiger partial charge in [0.15, 0.2) is 0 Å². The molecule has 1 nitrogen and oxygen atoms in total. The van der Waals surface area contributed by atoms with Crippen molar-refractivity contribution in [2.24, 2.45) is 5.41 Å². The van der Waals surface area contributed by atoms with E-state index in [9.17, 15) is 0 Å². The summed E-state index contributed by atoms with van der Waals surface area (Å²) in [6, 6.07) is 10.8. The second kappa shape index (κ2) is 3.82. The highest BCUT2D eigenvalue weighted by atomic mass is 14.9. The zero-order chi connectivity index (χ0) is 9.90. The van der Waals surface area contributed by atoms with E-state index in [4.69, 9.17) is 0 Å². The molecule has 0 amide bonds. The lowest BCUT2D eigenvalue weighted by atomic mass is 9.88. The van der Waals surface area contributed by atoms with E-state index < -0.39 is 0 Å². The highest BCUT2D eigenvalue weighted by Gasteiger charge is 2.19. The van der Waals surface area contributed by atoms with Crippen LogP contribution in [0.3, 0.4) is 0 Å². The third-order valence-electron chi connectivity index (χ3n) is 2.46. The molecule has 0 spiro atoms. The summed E-state index contributed by atoms with van der Waals surface area (Å²) in [6.07, 6.45) is 0. The summed E-state index contributed by atoms with van der Waals surface area (Å²) in [5, 5.41) is 3.48. The zero-order valence-corrected chi connectivity index (χ0v) is 8.96. The van der Waals surface area contributed by atoms with Gasteiger partial charge in [0.1, 0.15) is 0 Å². The van der Waals surface area contributed by atoms with Crippen molar-refractivity contribution in [2.75, 3.05) is 5.32 Å². The Morgan fingerprint density at radius 2 is 1.62 bits per heavy atom. The predicted molar refractivity (Wildman–Crippen MR) is 59.0 cm³/mol. The Morgan fingerprint density at radius 1 is 1.08 bits per heavy atom. The minimum Gasteiger partial charge on any atom is -0.382 e. The molecule has 0 aromatic heterocycles. The van der Waals surface area contributed by atoms with Crippen LogP contribution < -0.4 is 5.32 Å². The number of hydrogen-bond donors (Lipinski definition) is 1. The molecule has 0 radical (unpaired) electrons. The third kappa shape index (κ3) is 3.10. The van der Waals surface area contributed by atoms with E-state index in [0.717, 1.165) is 0 Å². The Hall–Kier alpha value is -0.980. The molecule has 1 heteroatoms. The van der Waals surface area contributed by atoms with Crippen LogP contribution in [-0.4, -0.2) is 6.04 Å². The summed E-state index contributed by atoms with van der Waals surface area (Å²) < 4.78 is 0. The second-order valence-electron chi connectivity index (χ2n) is 4.60. The van der Waals surface area contributed by atoms with Gasteiger partial charge in [-0.25, -0.2) is 0 Å². The van der Waals surface area contributed by atoms with Gasteiger partial charge >= 0.3 is 0 Å². The molecule has 1 aromatic carbocycles. The first-order valence-electron chi connectivity index (χ1n) is 4.82. The summed E-state index contributed by atoms with van der Waals surface area (Å²) >= 11 is 0. The molecule has 1 N–H and O–H groups in total. The molecule has 0 aliphatic rings. The van der Waals surface area contributed by atoms with Crippen LogP contribution in [0.1, 0.15) is 27.7 Å². The SMILES string of the molecule is CC(Nc1ccccc1)C(C)(C)C. The van der Waals surface area contributed by atoms with Crippen molar-refractivity contribution in [2.45, 2.75) is 33.7 Å². The van der Waals surface area contributed by atoms with Crippen LogP contribution in [-0.2, 0) is 0 Å². The van der Waals surface area contributed by atoms with Crippen LogP contribution in [0.5, 0.6) is 0 Å². The molecule has 0 saturated heterocycles. The molecule has 1 unspecified atom stereocenters. The number of nitrogens with one attached hydrogen (secondary N) is 1. The van der Waals surface area contributed by atoms with Crippen LogP contribution in [0.25, 0.3) is 0 Å². The maximum Gasteiger partial charge on any atom is 0.0342 e. The molecule has 0 aliphatic carbocycles. The monoisotopic (exact) mass is 177 g/mol. The van der Waals surface area contributed by atoms with Crippen molar-refractivity contribution in [3.63, 3.8) is 0 Å². The standard InChI is InChI=1S/C12H19N/c1-10(12(2,3)4)13-11-8-6-5-7-9-11/h5-10,13H,1-4H3. The maximum atomic E-state index is 3.48. The van der Waals surface area contributed by atoms with E-state index in [1.54, 1.807) is 0 Å². The van der Waals surface area contributed by atoms with Gasteiger partial charge in [0.2, 0.25) is 0 Å². The smallest absolute Gasteiger partial charge is 0.0342 e. The van der Waals surface area contributed by atoms with E-state index in [-0.39, 0.29) is 0 Å². The third-order valence-corrected chi connectivity index (χ3v) is 2.46. The van der Waals surface area contributed by atoms with Crippen LogP contribution in [0.2, 0.25) is 0 Å². The molecule has 1 atom stereocenters. The van der Waals surface area contributed by atoms with E-state index in [0.29, 0.717) is 11.5 Å². The summed E-state index contributed by atoms with van der Waals surface area (Å²) in [7, 11) is 0. The van der Waals surface area contributed by atoms with Gasteiger partial charge in [0, 0.05) is 11.7 Å². The van der Waals surface area contributed by atoms with Crippen LogP contribution in [0.4, 0.5) is 5.69 Å². The fourth-order valence-electron chi connectivity index (χ4n) is 1.00. The van der Waals surface area contributed by atoms with Gasteiger partial charge in [-0.2, -0.15) is 0 Å². The van der Waals surface area contributed by atoms with Crippen molar-refractivity contribution in [1.29, 1.82) is 0 Å². The van der Waals surface area contributed by atoms with Crippen molar-refractivity contribution >= 4 is 5.69 Å². The average molecular weight is 177 g/mol. The van der Waals surface area contributed by atoms with E-state index in [1.165, 1.54) is 5.69 Å². The average Bonchev–Trinajstić information content (AvgIpc) is 2.04.